The van der Waals surface area contributed by atoms with E-state index in [9.17, 15) is 4.79 Å². The van der Waals surface area contributed by atoms with Gasteiger partial charge in [0.25, 0.3) is 0 Å². The number of fused-ring (bicyclic) bond motifs is 1. The van der Waals surface area contributed by atoms with Crippen LogP contribution in [0.3, 0.4) is 0 Å². The van der Waals surface area contributed by atoms with Gasteiger partial charge in [0.15, 0.2) is 11.5 Å². The SMILES string of the molecule is O=C(CCC1CCOCC1)N[C@@H](Cc1ccc2c(c1)OCCO2)CN1CCCC1. The summed E-state index contributed by atoms with van der Waals surface area (Å²) in [5.74, 6) is 2.44. The van der Waals surface area contributed by atoms with Gasteiger partial charge in [-0.15, -0.1) is 0 Å². The number of rotatable bonds is 8. The molecule has 4 rings (SSSR count). The first-order chi connectivity index (χ1) is 14.3. The summed E-state index contributed by atoms with van der Waals surface area (Å²) in [7, 11) is 0. The van der Waals surface area contributed by atoms with Gasteiger partial charge in [-0.25, -0.2) is 0 Å². The van der Waals surface area contributed by atoms with E-state index in [2.05, 4.69) is 22.3 Å². The maximum atomic E-state index is 12.7. The van der Waals surface area contributed by atoms with Gasteiger partial charge in [0.05, 0.1) is 0 Å². The third-order valence-corrected chi connectivity index (χ3v) is 6.25. The van der Waals surface area contributed by atoms with E-state index in [0.717, 1.165) is 70.0 Å². The second kappa shape index (κ2) is 10.3. The predicted molar refractivity (Wildman–Crippen MR) is 112 cm³/mol. The lowest BCUT2D eigenvalue weighted by atomic mass is 9.94. The molecular formula is C23H34N2O4. The normalized spacial score (nSPS) is 21.1. The lowest BCUT2D eigenvalue weighted by Gasteiger charge is -2.26. The fraction of sp³-hybridized carbons (Fsp3) is 0.696. The summed E-state index contributed by atoms with van der Waals surface area (Å²) in [6, 6.07) is 6.28. The highest BCUT2D eigenvalue weighted by Gasteiger charge is 2.22. The molecule has 1 N–H and O–H groups in total. The maximum Gasteiger partial charge on any atom is 0.220 e. The quantitative estimate of drug-likeness (QED) is 0.725. The summed E-state index contributed by atoms with van der Waals surface area (Å²) in [5.41, 5.74) is 1.18. The molecule has 3 aliphatic rings. The topological polar surface area (TPSA) is 60.0 Å². The molecule has 0 saturated carbocycles. The molecule has 0 aliphatic carbocycles. The van der Waals surface area contributed by atoms with Gasteiger partial charge >= 0.3 is 0 Å². The first-order valence-corrected chi connectivity index (χ1v) is 11.2. The van der Waals surface area contributed by atoms with Gasteiger partial charge < -0.3 is 24.4 Å². The van der Waals surface area contributed by atoms with Crippen molar-refractivity contribution in [3.63, 3.8) is 0 Å². The molecule has 1 amide bonds. The van der Waals surface area contributed by atoms with Crippen molar-refractivity contribution in [3.05, 3.63) is 23.8 Å². The van der Waals surface area contributed by atoms with Crippen LogP contribution in [0.5, 0.6) is 11.5 Å². The highest BCUT2D eigenvalue weighted by atomic mass is 16.6. The van der Waals surface area contributed by atoms with Crippen molar-refractivity contribution in [2.75, 3.05) is 46.1 Å². The standard InChI is InChI=1S/C23H34N2O4/c26-23(6-4-18-7-11-27-12-8-18)24-20(17-25-9-1-2-10-25)15-19-3-5-21-22(16-19)29-14-13-28-21/h3,5,16,18,20H,1-2,4,6-15,17H2,(H,24,26)/t20-/m0/s1. The Morgan fingerprint density at radius 1 is 1.07 bits per heavy atom. The molecule has 3 aliphatic heterocycles. The summed E-state index contributed by atoms with van der Waals surface area (Å²) in [4.78, 5) is 15.2. The van der Waals surface area contributed by atoms with Crippen LogP contribution in [0.25, 0.3) is 0 Å². The predicted octanol–water partition coefficient (Wildman–Crippen LogP) is 2.79. The number of ether oxygens (including phenoxy) is 3. The average Bonchev–Trinajstić information content (AvgIpc) is 3.26. The molecule has 29 heavy (non-hydrogen) atoms. The number of carbonyl (C=O) groups is 1. The summed E-state index contributed by atoms with van der Waals surface area (Å²) >= 11 is 0. The van der Waals surface area contributed by atoms with Crippen molar-refractivity contribution in [2.45, 2.75) is 51.0 Å². The molecule has 2 fully saturated rings. The molecule has 1 aromatic carbocycles. The number of likely N-dealkylation sites (tertiary alicyclic amines) is 1. The number of nitrogens with zero attached hydrogens (tertiary/aromatic N) is 1. The van der Waals surface area contributed by atoms with Crippen molar-refractivity contribution in [1.29, 1.82) is 0 Å². The zero-order valence-corrected chi connectivity index (χ0v) is 17.4. The minimum absolute atomic E-state index is 0.123. The van der Waals surface area contributed by atoms with Crippen LogP contribution in [0.15, 0.2) is 18.2 Å². The number of hydrogen-bond acceptors (Lipinski definition) is 5. The number of amides is 1. The van der Waals surface area contributed by atoms with Crippen molar-refractivity contribution in [1.82, 2.24) is 10.2 Å². The van der Waals surface area contributed by atoms with Crippen LogP contribution in [-0.2, 0) is 16.0 Å². The summed E-state index contributed by atoms with van der Waals surface area (Å²) in [6.45, 7) is 6.06. The van der Waals surface area contributed by atoms with Crippen LogP contribution in [0.4, 0.5) is 0 Å². The van der Waals surface area contributed by atoms with Gasteiger partial charge in [-0.3, -0.25) is 4.79 Å². The summed E-state index contributed by atoms with van der Waals surface area (Å²) < 4.78 is 16.8. The van der Waals surface area contributed by atoms with E-state index in [-0.39, 0.29) is 11.9 Å². The van der Waals surface area contributed by atoms with Crippen molar-refractivity contribution in [2.24, 2.45) is 5.92 Å². The van der Waals surface area contributed by atoms with E-state index < -0.39 is 0 Å². The zero-order chi connectivity index (χ0) is 19.9. The van der Waals surface area contributed by atoms with Crippen LogP contribution >= 0.6 is 0 Å². The Hall–Kier alpha value is -1.79. The number of carbonyl (C=O) groups excluding carboxylic acids is 1. The largest absolute Gasteiger partial charge is 0.486 e. The molecular weight excluding hydrogens is 368 g/mol. The minimum atomic E-state index is 0.123. The summed E-state index contributed by atoms with van der Waals surface area (Å²) in [5, 5.41) is 3.33. The number of hydrogen-bond donors (Lipinski definition) is 1. The zero-order valence-electron chi connectivity index (χ0n) is 17.4. The fourth-order valence-corrected chi connectivity index (χ4v) is 4.61. The Morgan fingerprint density at radius 2 is 1.83 bits per heavy atom. The molecule has 0 aromatic heterocycles. The first-order valence-electron chi connectivity index (χ1n) is 11.2. The van der Waals surface area contributed by atoms with Crippen LogP contribution in [0, 0.1) is 5.92 Å². The molecule has 6 nitrogen and oxygen atoms in total. The van der Waals surface area contributed by atoms with Gasteiger partial charge in [-0.05, 0) is 75.2 Å². The third-order valence-electron chi connectivity index (χ3n) is 6.25. The second-order valence-electron chi connectivity index (χ2n) is 8.55. The molecule has 0 spiro atoms. The lowest BCUT2D eigenvalue weighted by Crippen LogP contribution is -2.44. The number of benzene rings is 1. The van der Waals surface area contributed by atoms with Crippen molar-refractivity contribution in [3.8, 4) is 11.5 Å². The second-order valence-corrected chi connectivity index (χ2v) is 8.55. The highest BCUT2D eigenvalue weighted by molar-refractivity contribution is 5.76. The molecule has 6 heteroatoms. The Kier molecular flexibility index (Phi) is 7.28. The van der Waals surface area contributed by atoms with E-state index in [1.165, 1.54) is 18.4 Å². The van der Waals surface area contributed by atoms with Crippen molar-refractivity contribution < 1.29 is 19.0 Å². The first kappa shape index (κ1) is 20.5. The van der Waals surface area contributed by atoms with E-state index in [4.69, 9.17) is 14.2 Å². The van der Waals surface area contributed by atoms with Gasteiger partial charge in [-0.2, -0.15) is 0 Å². The Labute approximate surface area is 173 Å². The van der Waals surface area contributed by atoms with Gasteiger partial charge in [-0.1, -0.05) is 6.07 Å². The molecule has 1 atom stereocenters. The van der Waals surface area contributed by atoms with Gasteiger partial charge in [0.1, 0.15) is 13.2 Å². The van der Waals surface area contributed by atoms with Gasteiger partial charge in [0.2, 0.25) is 5.91 Å². The average molecular weight is 403 g/mol. The van der Waals surface area contributed by atoms with Crippen LogP contribution in [-0.4, -0.2) is 62.9 Å². The van der Waals surface area contributed by atoms with E-state index >= 15 is 0 Å². The lowest BCUT2D eigenvalue weighted by molar-refractivity contribution is -0.122. The van der Waals surface area contributed by atoms with E-state index in [1.54, 1.807) is 0 Å². The Bertz CT molecular complexity index is 669. The Morgan fingerprint density at radius 3 is 2.62 bits per heavy atom. The highest BCUT2D eigenvalue weighted by Crippen LogP contribution is 2.31. The molecule has 0 unspecified atom stereocenters. The molecule has 3 heterocycles. The molecule has 0 bridgehead atoms. The number of nitrogens with one attached hydrogen (secondary N) is 1. The van der Waals surface area contributed by atoms with E-state index in [0.29, 0.717) is 25.6 Å². The van der Waals surface area contributed by atoms with Crippen LogP contribution < -0.4 is 14.8 Å². The van der Waals surface area contributed by atoms with E-state index in [1.807, 2.05) is 6.07 Å². The molecule has 160 valence electrons. The molecule has 2 saturated heterocycles. The van der Waals surface area contributed by atoms with Crippen LogP contribution in [0.2, 0.25) is 0 Å². The maximum absolute atomic E-state index is 12.7. The smallest absolute Gasteiger partial charge is 0.220 e. The van der Waals surface area contributed by atoms with Crippen LogP contribution in [0.1, 0.15) is 44.1 Å². The fourth-order valence-electron chi connectivity index (χ4n) is 4.61. The Balaban J connectivity index is 1.34. The molecule has 1 aromatic rings. The van der Waals surface area contributed by atoms with Gasteiger partial charge in [0, 0.05) is 32.2 Å². The minimum Gasteiger partial charge on any atom is -0.486 e. The summed E-state index contributed by atoms with van der Waals surface area (Å²) in [6.07, 6.45) is 7.08. The third kappa shape index (κ3) is 6.09. The molecule has 0 radical (unpaired) electrons. The van der Waals surface area contributed by atoms with Crippen molar-refractivity contribution >= 4 is 5.91 Å². The monoisotopic (exact) mass is 402 g/mol.